The number of anilines is 2. The summed E-state index contributed by atoms with van der Waals surface area (Å²) in [5, 5.41) is 10.7. The minimum atomic E-state index is -0.640. The summed E-state index contributed by atoms with van der Waals surface area (Å²) in [7, 11) is 0. The van der Waals surface area contributed by atoms with E-state index in [1.165, 1.54) is 11.6 Å². The van der Waals surface area contributed by atoms with E-state index < -0.39 is 11.6 Å². The minimum absolute atomic E-state index is 0.00576. The highest BCUT2D eigenvalue weighted by Gasteiger charge is 2.20. The van der Waals surface area contributed by atoms with E-state index in [0.29, 0.717) is 28.4 Å². The molecule has 38 heavy (non-hydrogen) atoms. The van der Waals surface area contributed by atoms with Gasteiger partial charge in [-0.1, -0.05) is 6.07 Å². The molecule has 1 aromatic carbocycles. The number of aryl methyl sites for hydroxylation is 1. The van der Waals surface area contributed by atoms with E-state index in [2.05, 4.69) is 25.2 Å². The van der Waals surface area contributed by atoms with Crippen LogP contribution in [0.5, 0.6) is 0 Å². The molecule has 0 atom stereocenters. The van der Waals surface area contributed by atoms with Gasteiger partial charge in [0, 0.05) is 42.5 Å². The number of pyridine rings is 1. The van der Waals surface area contributed by atoms with Gasteiger partial charge in [0.2, 0.25) is 5.95 Å². The summed E-state index contributed by atoms with van der Waals surface area (Å²) >= 11 is 0. The average molecular weight is 519 g/mol. The summed E-state index contributed by atoms with van der Waals surface area (Å²) in [4.78, 5) is 20.0. The first kappa shape index (κ1) is 25.8. The first-order valence-electron chi connectivity index (χ1n) is 12.9. The van der Waals surface area contributed by atoms with Crippen LogP contribution in [0.2, 0.25) is 0 Å². The lowest BCUT2D eigenvalue weighted by Gasteiger charge is -2.28. The molecule has 10 heteroatoms. The van der Waals surface area contributed by atoms with Gasteiger partial charge in [-0.3, -0.25) is 4.90 Å². The zero-order valence-corrected chi connectivity index (χ0v) is 22.1. The first-order valence-corrected chi connectivity index (χ1v) is 12.9. The molecule has 0 unspecified atom stereocenters. The van der Waals surface area contributed by atoms with Crippen LogP contribution in [0.3, 0.4) is 0 Å². The van der Waals surface area contributed by atoms with Gasteiger partial charge in [-0.2, -0.15) is 0 Å². The Bertz CT molecular complexity index is 1510. The zero-order valence-electron chi connectivity index (χ0n) is 22.1. The van der Waals surface area contributed by atoms with Gasteiger partial charge in [-0.25, -0.2) is 28.7 Å². The molecule has 4 heterocycles. The molecule has 4 aromatic rings. The molecule has 0 amide bonds. The lowest BCUT2D eigenvalue weighted by atomic mass is 10.0. The van der Waals surface area contributed by atoms with Crippen molar-refractivity contribution in [2.75, 3.05) is 18.4 Å². The van der Waals surface area contributed by atoms with Crippen molar-refractivity contribution in [1.29, 1.82) is 5.41 Å². The van der Waals surface area contributed by atoms with Crippen LogP contribution in [-0.2, 0) is 13.0 Å². The highest BCUT2D eigenvalue weighted by atomic mass is 19.1. The third kappa shape index (κ3) is 5.26. The number of halogens is 2. The van der Waals surface area contributed by atoms with Gasteiger partial charge in [0.15, 0.2) is 11.6 Å². The Hall–Kier alpha value is -3.79. The molecular formula is C28H32F2N8. The van der Waals surface area contributed by atoms with Crippen molar-refractivity contribution in [3.05, 3.63) is 59.2 Å². The van der Waals surface area contributed by atoms with Gasteiger partial charge < -0.3 is 15.3 Å². The Balaban J connectivity index is 1.38. The monoisotopic (exact) mass is 518 g/mol. The van der Waals surface area contributed by atoms with E-state index in [1.807, 2.05) is 44.4 Å². The molecule has 0 spiro atoms. The van der Waals surface area contributed by atoms with Crippen molar-refractivity contribution >= 4 is 28.5 Å². The van der Waals surface area contributed by atoms with Crippen LogP contribution >= 0.6 is 0 Å². The fourth-order valence-corrected chi connectivity index (χ4v) is 5.10. The molecule has 0 radical (unpaired) electrons. The number of hydrogen-bond acceptors (Lipinski definition) is 7. The number of fused-ring (bicyclic) bond motifs is 2. The van der Waals surface area contributed by atoms with Crippen LogP contribution in [0.25, 0.3) is 22.3 Å². The van der Waals surface area contributed by atoms with Gasteiger partial charge in [0.25, 0.3) is 0 Å². The normalized spacial score (nSPS) is 13.8. The molecule has 0 aliphatic carbocycles. The van der Waals surface area contributed by atoms with Gasteiger partial charge in [0.05, 0.1) is 11.7 Å². The van der Waals surface area contributed by atoms with Crippen molar-refractivity contribution in [2.45, 2.75) is 59.5 Å². The molecule has 1 aliphatic heterocycles. The second kappa shape index (κ2) is 10.5. The SMILES string of the molecule is CC(=N)CCCN1CCc2nc(Nc3ncc(F)c(-c4cc(F)c5nc(C)n(C(C)C)c5c4)n3)ccc2C1. The van der Waals surface area contributed by atoms with Crippen LogP contribution in [0.15, 0.2) is 30.5 Å². The summed E-state index contributed by atoms with van der Waals surface area (Å²) in [6, 6.07) is 6.96. The molecule has 3 aromatic heterocycles. The van der Waals surface area contributed by atoms with Crippen LogP contribution in [0, 0.1) is 24.0 Å². The van der Waals surface area contributed by atoms with E-state index >= 15 is 0 Å². The van der Waals surface area contributed by atoms with Crippen molar-refractivity contribution in [1.82, 2.24) is 29.4 Å². The number of hydrogen-bond donors (Lipinski definition) is 2. The average Bonchev–Trinajstić information content (AvgIpc) is 3.21. The number of imidazole rings is 1. The van der Waals surface area contributed by atoms with E-state index in [4.69, 9.17) is 10.4 Å². The maximum absolute atomic E-state index is 15.0. The van der Waals surface area contributed by atoms with Crippen molar-refractivity contribution < 1.29 is 8.78 Å². The summed E-state index contributed by atoms with van der Waals surface area (Å²) in [6.07, 6.45) is 3.72. The number of nitrogens with zero attached hydrogens (tertiary/aromatic N) is 6. The third-order valence-electron chi connectivity index (χ3n) is 6.85. The van der Waals surface area contributed by atoms with Gasteiger partial charge in [0.1, 0.15) is 22.9 Å². The van der Waals surface area contributed by atoms with Crippen molar-refractivity contribution in [3.8, 4) is 11.3 Å². The fourth-order valence-electron chi connectivity index (χ4n) is 5.10. The Kier molecular flexibility index (Phi) is 7.16. The number of nitrogens with one attached hydrogen (secondary N) is 2. The lowest BCUT2D eigenvalue weighted by molar-refractivity contribution is 0.250. The summed E-state index contributed by atoms with van der Waals surface area (Å²) in [6.45, 7) is 10.4. The maximum atomic E-state index is 15.0. The Morgan fingerprint density at radius 1 is 1.13 bits per heavy atom. The Labute approximate surface area is 220 Å². The highest BCUT2D eigenvalue weighted by Crippen LogP contribution is 2.30. The molecule has 1 aliphatic rings. The third-order valence-corrected chi connectivity index (χ3v) is 6.85. The molecule has 5 rings (SSSR count). The number of rotatable bonds is 8. The molecule has 2 N–H and O–H groups in total. The molecule has 8 nitrogen and oxygen atoms in total. The van der Waals surface area contributed by atoms with E-state index in [0.717, 1.165) is 50.8 Å². The fraction of sp³-hybridized carbons (Fsp3) is 0.393. The summed E-state index contributed by atoms with van der Waals surface area (Å²) < 4.78 is 31.8. The first-order chi connectivity index (χ1) is 18.2. The van der Waals surface area contributed by atoms with E-state index in [1.54, 1.807) is 6.07 Å². The molecule has 0 saturated carbocycles. The topological polar surface area (TPSA) is 95.6 Å². The van der Waals surface area contributed by atoms with Gasteiger partial charge >= 0.3 is 0 Å². The van der Waals surface area contributed by atoms with E-state index in [9.17, 15) is 8.78 Å². The molecule has 0 bridgehead atoms. The largest absolute Gasteiger partial charge is 0.326 e. The lowest BCUT2D eigenvalue weighted by Crippen LogP contribution is -2.32. The summed E-state index contributed by atoms with van der Waals surface area (Å²) in [5.74, 6) is 0.288. The number of aromatic nitrogens is 5. The second-order valence-electron chi connectivity index (χ2n) is 10.2. The number of benzene rings is 1. The minimum Gasteiger partial charge on any atom is -0.326 e. The van der Waals surface area contributed by atoms with Crippen LogP contribution in [-0.4, -0.2) is 48.2 Å². The van der Waals surface area contributed by atoms with Crippen LogP contribution in [0.1, 0.15) is 56.7 Å². The molecule has 0 saturated heterocycles. The van der Waals surface area contributed by atoms with Crippen LogP contribution in [0.4, 0.5) is 20.5 Å². The van der Waals surface area contributed by atoms with E-state index in [-0.39, 0.29) is 23.2 Å². The van der Waals surface area contributed by atoms with Crippen molar-refractivity contribution in [3.63, 3.8) is 0 Å². The van der Waals surface area contributed by atoms with Crippen molar-refractivity contribution in [2.24, 2.45) is 0 Å². The maximum Gasteiger partial charge on any atom is 0.229 e. The predicted octanol–water partition coefficient (Wildman–Crippen LogP) is 5.98. The standard InChI is InChI=1S/C28H32F2N8/c1-16(2)38-18(4)33-27-21(29)12-20(13-24(27)38)26-22(30)14-32-28(36-26)35-25-8-7-19-15-37(10-5-6-17(3)31)11-9-23(19)34-25/h7-8,12-14,16,31H,5-6,9-11,15H2,1-4H3,(H,32,34,35,36). The van der Waals surface area contributed by atoms with Crippen LogP contribution < -0.4 is 5.32 Å². The van der Waals surface area contributed by atoms with Gasteiger partial charge in [-0.05, 0) is 70.8 Å². The zero-order chi connectivity index (χ0) is 27.0. The smallest absolute Gasteiger partial charge is 0.229 e. The molecular weight excluding hydrogens is 486 g/mol. The predicted molar refractivity (Wildman–Crippen MR) is 145 cm³/mol. The van der Waals surface area contributed by atoms with Gasteiger partial charge in [-0.15, -0.1) is 0 Å². The molecule has 198 valence electrons. The molecule has 0 fully saturated rings. The highest BCUT2D eigenvalue weighted by molar-refractivity contribution is 5.83. The Morgan fingerprint density at radius 3 is 2.71 bits per heavy atom. The second-order valence-corrected chi connectivity index (χ2v) is 10.2. The Morgan fingerprint density at radius 2 is 1.95 bits per heavy atom. The summed E-state index contributed by atoms with van der Waals surface area (Å²) in [5.41, 5.74) is 4.08. The quantitative estimate of drug-likeness (QED) is 0.279.